The summed E-state index contributed by atoms with van der Waals surface area (Å²) in [6.07, 6.45) is 0.930. The van der Waals surface area contributed by atoms with Crippen LogP contribution in [0.5, 0.6) is 0 Å². The Kier molecular flexibility index (Phi) is 6.47. The molecule has 0 aliphatic carbocycles. The molecule has 8 nitrogen and oxygen atoms in total. The molecule has 2 N–H and O–H groups in total. The second-order valence-corrected chi connectivity index (χ2v) is 10.4. The van der Waals surface area contributed by atoms with Crippen LogP contribution >= 0.6 is 0 Å². The van der Waals surface area contributed by atoms with E-state index < -0.39 is 9.84 Å². The molecule has 1 aromatic carbocycles. The quantitative estimate of drug-likeness (QED) is 0.608. The fourth-order valence-electron chi connectivity index (χ4n) is 3.81. The highest BCUT2D eigenvalue weighted by molar-refractivity contribution is 7.90. The van der Waals surface area contributed by atoms with Gasteiger partial charge in [-0.1, -0.05) is 31.5 Å². The van der Waals surface area contributed by atoms with E-state index in [2.05, 4.69) is 36.4 Å². The Bertz CT molecular complexity index is 870. The molecule has 0 saturated carbocycles. The highest BCUT2D eigenvalue weighted by Crippen LogP contribution is 2.19. The summed E-state index contributed by atoms with van der Waals surface area (Å²) in [6.45, 7) is 10.6. The minimum absolute atomic E-state index is 0.108. The van der Waals surface area contributed by atoms with E-state index in [-0.39, 0.29) is 11.9 Å². The number of piperazine rings is 1. The van der Waals surface area contributed by atoms with Gasteiger partial charge in [0.25, 0.3) is 0 Å². The first-order chi connectivity index (χ1) is 13.3. The number of rotatable bonds is 7. The normalized spacial score (nSPS) is 21.8. The maximum Gasteiger partial charge on any atom is 0.210 e. The standard InChI is InChI=1S/C19H30N6O2S/c1-15(2)13-18(24-11-9-23(4)10-12-24)19-20-21-22-25(19)14-28(26,27)17-7-5-16(3)6-8-17/h5-8,15,18H,9-14H2,1-4H3/p+2/t18-/m0/s1. The van der Waals surface area contributed by atoms with E-state index in [1.54, 1.807) is 12.1 Å². The second-order valence-electron chi connectivity index (χ2n) is 8.39. The summed E-state index contributed by atoms with van der Waals surface area (Å²) < 4.78 is 27.3. The molecule has 1 aromatic heterocycles. The molecule has 0 bridgehead atoms. The summed E-state index contributed by atoms with van der Waals surface area (Å²) in [5, 5.41) is 12.1. The molecule has 1 saturated heterocycles. The van der Waals surface area contributed by atoms with E-state index in [9.17, 15) is 8.42 Å². The molecule has 0 radical (unpaired) electrons. The fourth-order valence-corrected chi connectivity index (χ4v) is 5.01. The number of tetrazole rings is 1. The van der Waals surface area contributed by atoms with Gasteiger partial charge < -0.3 is 9.80 Å². The summed E-state index contributed by atoms with van der Waals surface area (Å²) in [6, 6.07) is 7.03. The van der Waals surface area contributed by atoms with Gasteiger partial charge in [0.15, 0.2) is 21.8 Å². The van der Waals surface area contributed by atoms with Crippen LogP contribution < -0.4 is 9.80 Å². The number of likely N-dealkylation sites (N-methyl/N-ethyl adjacent to an activating group) is 1. The molecular formula is C19H32N6O2S+2. The van der Waals surface area contributed by atoms with E-state index >= 15 is 0 Å². The van der Waals surface area contributed by atoms with Crippen LogP contribution in [0.2, 0.25) is 0 Å². The number of sulfone groups is 1. The predicted molar refractivity (Wildman–Crippen MR) is 106 cm³/mol. The number of benzene rings is 1. The number of aromatic nitrogens is 4. The van der Waals surface area contributed by atoms with Crippen LogP contribution in [-0.2, 0) is 15.7 Å². The summed E-state index contributed by atoms with van der Waals surface area (Å²) in [5.41, 5.74) is 1.03. The van der Waals surface area contributed by atoms with Crippen LogP contribution in [0.3, 0.4) is 0 Å². The average Bonchev–Trinajstić information content (AvgIpc) is 3.08. The van der Waals surface area contributed by atoms with Crippen molar-refractivity contribution in [2.75, 3.05) is 33.2 Å². The SMILES string of the molecule is Cc1ccc(S(=O)(=O)Cn2nnnc2[C@H](CC(C)C)[NH+]2CC[NH+](C)CC2)cc1. The molecule has 1 fully saturated rings. The number of hydrogen-bond donors (Lipinski definition) is 2. The van der Waals surface area contributed by atoms with Crippen molar-refractivity contribution >= 4 is 9.84 Å². The summed E-state index contributed by atoms with van der Waals surface area (Å²) in [4.78, 5) is 3.28. The topological polar surface area (TPSA) is 86.6 Å². The van der Waals surface area contributed by atoms with Gasteiger partial charge in [-0.15, -0.1) is 5.10 Å². The Hall–Kier alpha value is -1.84. The molecule has 0 amide bonds. The fraction of sp³-hybridized carbons (Fsp3) is 0.632. The number of quaternary nitrogens is 2. The zero-order valence-electron chi connectivity index (χ0n) is 17.2. The lowest BCUT2D eigenvalue weighted by atomic mass is 10.0. The first-order valence-corrected chi connectivity index (χ1v) is 11.6. The Labute approximate surface area is 167 Å². The first kappa shape index (κ1) is 20.9. The Balaban J connectivity index is 1.86. The van der Waals surface area contributed by atoms with Gasteiger partial charge >= 0.3 is 0 Å². The monoisotopic (exact) mass is 408 g/mol. The van der Waals surface area contributed by atoms with Crippen molar-refractivity contribution in [1.82, 2.24) is 20.2 Å². The van der Waals surface area contributed by atoms with Crippen LogP contribution in [0.15, 0.2) is 29.2 Å². The molecule has 2 aromatic rings. The number of hydrogen-bond acceptors (Lipinski definition) is 5. The molecule has 1 aliphatic heterocycles. The molecule has 9 heteroatoms. The lowest BCUT2D eigenvalue weighted by molar-refractivity contribution is -1.02. The summed E-state index contributed by atoms with van der Waals surface area (Å²) in [7, 11) is -1.30. The molecule has 1 aliphatic rings. The van der Waals surface area contributed by atoms with Crippen LogP contribution in [0, 0.1) is 12.8 Å². The van der Waals surface area contributed by atoms with Crippen LogP contribution in [0.4, 0.5) is 0 Å². The number of nitrogens with zero attached hydrogens (tertiary/aromatic N) is 4. The summed E-state index contributed by atoms with van der Waals surface area (Å²) >= 11 is 0. The predicted octanol–water partition coefficient (Wildman–Crippen LogP) is -1.09. The van der Waals surface area contributed by atoms with Gasteiger partial charge in [0.05, 0.1) is 11.9 Å². The van der Waals surface area contributed by atoms with Crippen molar-refractivity contribution in [2.24, 2.45) is 5.92 Å². The molecule has 3 rings (SSSR count). The van der Waals surface area contributed by atoms with Crippen LogP contribution in [0.1, 0.15) is 37.7 Å². The maximum absolute atomic E-state index is 12.9. The van der Waals surface area contributed by atoms with Crippen molar-refractivity contribution in [3.8, 4) is 0 Å². The van der Waals surface area contributed by atoms with Crippen molar-refractivity contribution in [2.45, 2.75) is 44.0 Å². The van der Waals surface area contributed by atoms with E-state index in [1.165, 1.54) is 14.5 Å². The zero-order valence-corrected chi connectivity index (χ0v) is 18.0. The number of nitrogens with one attached hydrogen (secondary N) is 2. The van der Waals surface area contributed by atoms with E-state index in [0.717, 1.165) is 38.2 Å². The Morgan fingerprint density at radius 2 is 1.75 bits per heavy atom. The molecule has 0 unspecified atom stereocenters. The smallest absolute Gasteiger partial charge is 0.210 e. The van der Waals surface area contributed by atoms with Gasteiger partial charge in [0.2, 0.25) is 5.82 Å². The van der Waals surface area contributed by atoms with Gasteiger partial charge in [0.1, 0.15) is 26.2 Å². The third-order valence-electron chi connectivity index (χ3n) is 5.49. The molecule has 1 atom stereocenters. The first-order valence-electron chi connectivity index (χ1n) is 9.97. The van der Waals surface area contributed by atoms with E-state index in [1.807, 2.05) is 19.1 Å². The highest BCUT2D eigenvalue weighted by Gasteiger charge is 2.34. The van der Waals surface area contributed by atoms with Crippen LogP contribution in [0.25, 0.3) is 0 Å². The third-order valence-corrected chi connectivity index (χ3v) is 7.06. The minimum atomic E-state index is -3.52. The largest absolute Gasteiger partial charge is 0.328 e. The molecule has 28 heavy (non-hydrogen) atoms. The average molecular weight is 409 g/mol. The number of aryl methyl sites for hydroxylation is 1. The van der Waals surface area contributed by atoms with Gasteiger partial charge in [-0.2, -0.15) is 0 Å². The van der Waals surface area contributed by atoms with Gasteiger partial charge in [-0.25, -0.2) is 13.1 Å². The third kappa shape index (κ3) is 4.95. The molecule has 154 valence electrons. The molecular weight excluding hydrogens is 376 g/mol. The minimum Gasteiger partial charge on any atom is -0.328 e. The van der Waals surface area contributed by atoms with Crippen molar-refractivity contribution < 1.29 is 18.2 Å². The van der Waals surface area contributed by atoms with Gasteiger partial charge in [-0.3, -0.25) is 0 Å². The van der Waals surface area contributed by atoms with Crippen molar-refractivity contribution in [3.05, 3.63) is 35.7 Å². The van der Waals surface area contributed by atoms with Crippen molar-refractivity contribution in [1.29, 1.82) is 0 Å². The second kappa shape index (κ2) is 8.67. The summed E-state index contributed by atoms with van der Waals surface area (Å²) in [5.74, 6) is 0.924. The molecule has 0 spiro atoms. The Morgan fingerprint density at radius 3 is 2.36 bits per heavy atom. The van der Waals surface area contributed by atoms with E-state index in [0.29, 0.717) is 16.6 Å². The lowest BCUT2D eigenvalue weighted by Crippen LogP contribution is -3.27. The Morgan fingerprint density at radius 1 is 1.11 bits per heavy atom. The van der Waals surface area contributed by atoms with Gasteiger partial charge in [-0.05, 0) is 35.4 Å². The van der Waals surface area contributed by atoms with Crippen LogP contribution in [-0.4, -0.2) is 61.9 Å². The zero-order chi connectivity index (χ0) is 20.3. The van der Waals surface area contributed by atoms with Crippen molar-refractivity contribution in [3.63, 3.8) is 0 Å². The maximum atomic E-state index is 12.9. The highest BCUT2D eigenvalue weighted by atomic mass is 32.2. The molecule has 2 heterocycles. The van der Waals surface area contributed by atoms with Gasteiger partial charge in [0, 0.05) is 6.42 Å². The lowest BCUT2D eigenvalue weighted by Gasteiger charge is -2.33. The van der Waals surface area contributed by atoms with E-state index in [4.69, 9.17) is 0 Å².